The largest absolute Gasteiger partial charge is 0.497 e. The summed E-state index contributed by atoms with van der Waals surface area (Å²) in [6.45, 7) is 0. The van der Waals surface area contributed by atoms with Gasteiger partial charge in [0.25, 0.3) is 5.56 Å². The normalized spacial score (nSPS) is 10.8. The molecule has 0 amide bonds. The number of nitrogens with one attached hydrogen (secondary N) is 1. The van der Waals surface area contributed by atoms with E-state index in [0.717, 1.165) is 12.1 Å². The highest BCUT2D eigenvalue weighted by atomic mass is 19.1. The molecule has 1 N–H and O–H groups in total. The molecule has 0 aliphatic heterocycles. The summed E-state index contributed by atoms with van der Waals surface area (Å²) < 4.78 is 33.1. The van der Waals surface area contributed by atoms with Crippen LogP contribution in [0.2, 0.25) is 0 Å². The molecule has 0 aliphatic rings. The van der Waals surface area contributed by atoms with E-state index in [4.69, 9.17) is 4.74 Å². The fourth-order valence-electron chi connectivity index (χ4n) is 2.14. The molecule has 2 aromatic carbocycles. The molecule has 106 valence electrons. The van der Waals surface area contributed by atoms with Crippen LogP contribution in [-0.4, -0.2) is 17.1 Å². The smallest absolute Gasteiger partial charge is 0.258 e. The van der Waals surface area contributed by atoms with E-state index in [1.165, 1.54) is 31.6 Å². The Hall–Kier alpha value is -2.76. The number of nitrogens with zero attached hydrogens (tertiary/aromatic N) is 1. The quantitative estimate of drug-likeness (QED) is 0.789. The molecule has 21 heavy (non-hydrogen) atoms. The zero-order chi connectivity index (χ0) is 15.0. The molecule has 0 saturated carbocycles. The van der Waals surface area contributed by atoms with Crippen LogP contribution in [0.25, 0.3) is 22.0 Å². The fourth-order valence-corrected chi connectivity index (χ4v) is 2.14. The number of hydrogen-bond acceptors (Lipinski definition) is 3. The topological polar surface area (TPSA) is 55.0 Å². The highest BCUT2D eigenvalue weighted by molar-refractivity contribution is 5.84. The van der Waals surface area contributed by atoms with Crippen LogP contribution in [0.5, 0.6) is 5.75 Å². The van der Waals surface area contributed by atoms with Crippen LogP contribution in [0.1, 0.15) is 0 Å². The number of fused-ring (bicyclic) bond motifs is 1. The predicted molar refractivity (Wildman–Crippen MR) is 74.3 cm³/mol. The Kier molecular flexibility index (Phi) is 3.13. The van der Waals surface area contributed by atoms with Gasteiger partial charge in [-0.15, -0.1) is 0 Å². The van der Waals surface area contributed by atoms with Gasteiger partial charge in [0.05, 0.1) is 24.3 Å². The molecule has 0 atom stereocenters. The number of rotatable bonds is 2. The fraction of sp³-hybridized carbons (Fsp3) is 0.0667. The molecule has 4 nitrogen and oxygen atoms in total. The van der Waals surface area contributed by atoms with Gasteiger partial charge in [-0.3, -0.25) is 4.79 Å². The van der Waals surface area contributed by atoms with Crippen LogP contribution in [0, 0.1) is 11.6 Å². The number of methoxy groups -OCH3 is 1. The number of aromatic nitrogens is 2. The van der Waals surface area contributed by atoms with Gasteiger partial charge in [0, 0.05) is 23.3 Å². The lowest BCUT2D eigenvalue weighted by Crippen LogP contribution is -2.07. The summed E-state index contributed by atoms with van der Waals surface area (Å²) in [7, 11) is 1.41. The molecule has 3 aromatic rings. The molecule has 0 unspecified atom stereocenters. The first-order valence-corrected chi connectivity index (χ1v) is 6.11. The van der Waals surface area contributed by atoms with Crippen LogP contribution in [0.15, 0.2) is 41.5 Å². The van der Waals surface area contributed by atoms with Gasteiger partial charge in [-0.05, 0) is 18.2 Å². The van der Waals surface area contributed by atoms with E-state index in [1.807, 2.05) is 0 Å². The van der Waals surface area contributed by atoms with Crippen molar-refractivity contribution in [1.82, 2.24) is 9.97 Å². The highest BCUT2D eigenvalue weighted by Gasteiger charge is 2.14. The first-order valence-electron chi connectivity index (χ1n) is 6.11. The second-order valence-corrected chi connectivity index (χ2v) is 4.43. The Bertz CT molecular complexity index is 890. The Morgan fingerprint density at radius 3 is 2.57 bits per heavy atom. The van der Waals surface area contributed by atoms with Crippen molar-refractivity contribution in [3.63, 3.8) is 0 Å². The van der Waals surface area contributed by atoms with E-state index in [-0.39, 0.29) is 22.0 Å². The maximum Gasteiger partial charge on any atom is 0.258 e. The number of aromatic amines is 1. The molecule has 0 radical (unpaired) electrons. The number of H-pyrrole nitrogens is 1. The van der Waals surface area contributed by atoms with Crippen molar-refractivity contribution in [2.45, 2.75) is 0 Å². The van der Waals surface area contributed by atoms with Crippen molar-refractivity contribution < 1.29 is 13.5 Å². The van der Waals surface area contributed by atoms with Crippen LogP contribution in [-0.2, 0) is 0 Å². The molecular formula is C15H10F2N2O2. The van der Waals surface area contributed by atoms with E-state index < -0.39 is 17.2 Å². The van der Waals surface area contributed by atoms with Crippen LogP contribution in [0.4, 0.5) is 8.78 Å². The van der Waals surface area contributed by atoms with Gasteiger partial charge < -0.3 is 9.72 Å². The van der Waals surface area contributed by atoms with Gasteiger partial charge in [0.2, 0.25) is 0 Å². The minimum Gasteiger partial charge on any atom is -0.497 e. The minimum atomic E-state index is -0.648. The molecule has 0 bridgehead atoms. The summed E-state index contributed by atoms with van der Waals surface area (Å²) in [5.41, 5.74) is -0.135. The van der Waals surface area contributed by atoms with Crippen LogP contribution < -0.4 is 10.3 Å². The van der Waals surface area contributed by atoms with E-state index in [2.05, 4.69) is 9.97 Å². The van der Waals surface area contributed by atoms with Gasteiger partial charge >= 0.3 is 0 Å². The van der Waals surface area contributed by atoms with Crippen molar-refractivity contribution in [3.05, 3.63) is 58.6 Å². The summed E-state index contributed by atoms with van der Waals surface area (Å²) in [6, 6.07) is 6.50. The Morgan fingerprint density at radius 1 is 1.10 bits per heavy atom. The van der Waals surface area contributed by atoms with Gasteiger partial charge in [-0.1, -0.05) is 0 Å². The van der Waals surface area contributed by atoms with E-state index in [1.54, 1.807) is 0 Å². The third-order valence-corrected chi connectivity index (χ3v) is 3.20. The minimum absolute atomic E-state index is 0.00107. The lowest BCUT2D eigenvalue weighted by Gasteiger charge is -2.08. The highest BCUT2D eigenvalue weighted by Crippen LogP contribution is 2.30. The van der Waals surface area contributed by atoms with Crippen LogP contribution in [0.3, 0.4) is 0 Å². The molecule has 0 fully saturated rings. The maximum absolute atomic E-state index is 14.1. The standard InChI is InChI=1S/C15H10F2N2O2/c1-21-8-2-3-9(12(16)4-8)10-5-11-14(6-13(10)17)18-7-19-15(11)20/h2-7H,1H3,(H,18,19,20). The Labute approximate surface area is 118 Å². The number of benzene rings is 2. The summed E-state index contributed by atoms with van der Waals surface area (Å²) in [5.74, 6) is -0.949. The molecular weight excluding hydrogens is 278 g/mol. The number of ether oxygens (including phenoxy) is 1. The van der Waals surface area contributed by atoms with Gasteiger partial charge in [-0.25, -0.2) is 13.8 Å². The van der Waals surface area contributed by atoms with E-state index in [9.17, 15) is 13.6 Å². The molecule has 0 saturated heterocycles. The Balaban J connectivity index is 2.27. The number of hydrogen-bond donors (Lipinski definition) is 1. The van der Waals surface area contributed by atoms with Gasteiger partial charge in [0.1, 0.15) is 17.4 Å². The van der Waals surface area contributed by atoms with Crippen LogP contribution >= 0.6 is 0 Å². The monoisotopic (exact) mass is 288 g/mol. The van der Waals surface area contributed by atoms with Gasteiger partial charge in [0.15, 0.2) is 0 Å². The summed E-state index contributed by atoms with van der Waals surface area (Å²) in [6.07, 6.45) is 1.19. The van der Waals surface area contributed by atoms with Crippen molar-refractivity contribution in [2.75, 3.05) is 7.11 Å². The SMILES string of the molecule is COc1ccc(-c2cc3c(=O)[nH]cnc3cc2F)c(F)c1. The maximum atomic E-state index is 14.1. The van der Waals surface area contributed by atoms with Crippen molar-refractivity contribution in [1.29, 1.82) is 0 Å². The summed E-state index contributed by atoms with van der Waals surface area (Å²) in [5, 5.41) is 0.198. The predicted octanol–water partition coefficient (Wildman–Crippen LogP) is 2.88. The van der Waals surface area contributed by atoms with Crippen molar-refractivity contribution in [2.24, 2.45) is 0 Å². The third-order valence-electron chi connectivity index (χ3n) is 3.20. The summed E-state index contributed by atoms with van der Waals surface area (Å²) >= 11 is 0. The lowest BCUT2D eigenvalue weighted by atomic mass is 10.0. The molecule has 0 aliphatic carbocycles. The van der Waals surface area contributed by atoms with E-state index in [0.29, 0.717) is 5.75 Å². The van der Waals surface area contributed by atoms with Gasteiger partial charge in [-0.2, -0.15) is 0 Å². The second kappa shape index (κ2) is 4.97. The first-order chi connectivity index (χ1) is 10.1. The first kappa shape index (κ1) is 13.2. The Morgan fingerprint density at radius 2 is 1.86 bits per heavy atom. The average molecular weight is 288 g/mol. The van der Waals surface area contributed by atoms with Crippen molar-refractivity contribution >= 4 is 10.9 Å². The van der Waals surface area contributed by atoms with Crippen molar-refractivity contribution in [3.8, 4) is 16.9 Å². The lowest BCUT2D eigenvalue weighted by molar-refractivity contribution is 0.411. The zero-order valence-corrected chi connectivity index (χ0v) is 11.0. The second-order valence-electron chi connectivity index (χ2n) is 4.43. The third kappa shape index (κ3) is 2.24. The van der Waals surface area contributed by atoms with E-state index >= 15 is 0 Å². The average Bonchev–Trinajstić information content (AvgIpc) is 2.47. The molecule has 3 rings (SSSR count). The molecule has 1 heterocycles. The zero-order valence-electron chi connectivity index (χ0n) is 11.0. The number of halogens is 2. The molecule has 1 aromatic heterocycles. The molecule has 6 heteroatoms. The molecule has 0 spiro atoms. The summed E-state index contributed by atoms with van der Waals surface area (Å²) in [4.78, 5) is 18.0.